The van der Waals surface area contributed by atoms with Crippen LogP contribution in [0.25, 0.3) is 0 Å². The van der Waals surface area contributed by atoms with Gasteiger partial charge in [0.1, 0.15) is 6.10 Å². The average Bonchev–Trinajstić information content (AvgIpc) is 2.52. The van der Waals surface area contributed by atoms with Crippen LogP contribution in [-0.4, -0.2) is 6.10 Å². The van der Waals surface area contributed by atoms with Gasteiger partial charge in [-0.15, -0.1) is 4.91 Å². The van der Waals surface area contributed by atoms with Crippen LogP contribution in [0.2, 0.25) is 0 Å². The molecule has 3 heteroatoms. The smallest absolute Gasteiger partial charge is 0.155 e. The first kappa shape index (κ1) is 11.5. The number of nitrogens with zero attached hydrogens (tertiary/aromatic N) is 1. The minimum absolute atomic E-state index is 0.00432. The van der Waals surface area contributed by atoms with Crippen molar-refractivity contribution in [2.24, 2.45) is 23.1 Å². The summed E-state index contributed by atoms with van der Waals surface area (Å²) >= 11 is 0. The molecule has 0 spiro atoms. The average molecular weight is 199 g/mol. The highest BCUT2D eigenvalue weighted by Gasteiger charge is 2.30. The van der Waals surface area contributed by atoms with Crippen molar-refractivity contribution in [2.45, 2.75) is 52.6 Å². The molecule has 1 aliphatic rings. The van der Waals surface area contributed by atoms with Crippen molar-refractivity contribution in [2.75, 3.05) is 0 Å². The van der Waals surface area contributed by atoms with Crippen LogP contribution in [0.1, 0.15) is 46.5 Å². The van der Waals surface area contributed by atoms with Gasteiger partial charge < -0.3 is 4.84 Å². The van der Waals surface area contributed by atoms with Gasteiger partial charge in [0.15, 0.2) is 5.34 Å². The Bertz CT molecular complexity index is 182. The molecule has 0 radical (unpaired) electrons. The van der Waals surface area contributed by atoms with Gasteiger partial charge in [-0.2, -0.15) is 0 Å². The van der Waals surface area contributed by atoms with Crippen LogP contribution < -0.4 is 0 Å². The topological polar surface area (TPSA) is 38.7 Å². The molecular formula is C11H21NO2. The van der Waals surface area contributed by atoms with Crippen LogP contribution in [-0.2, 0) is 4.84 Å². The molecule has 0 saturated heterocycles. The fourth-order valence-electron chi connectivity index (χ4n) is 2.57. The zero-order valence-corrected chi connectivity index (χ0v) is 9.40. The van der Waals surface area contributed by atoms with Crippen molar-refractivity contribution in [1.82, 2.24) is 0 Å². The first-order chi connectivity index (χ1) is 6.63. The summed E-state index contributed by atoms with van der Waals surface area (Å²) in [6.07, 6.45) is 4.99. The molecule has 0 amide bonds. The highest BCUT2D eigenvalue weighted by atomic mass is 16.7. The van der Waals surface area contributed by atoms with E-state index < -0.39 is 0 Å². The lowest BCUT2D eigenvalue weighted by Gasteiger charge is -2.16. The minimum atomic E-state index is 0.00432. The van der Waals surface area contributed by atoms with Gasteiger partial charge in [-0.05, 0) is 43.9 Å². The summed E-state index contributed by atoms with van der Waals surface area (Å²) in [4.78, 5) is 14.7. The lowest BCUT2D eigenvalue weighted by molar-refractivity contribution is 0.0265. The Labute approximate surface area is 86.1 Å². The first-order valence-electron chi connectivity index (χ1n) is 5.62. The molecule has 1 rings (SSSR count). The Balaban J connectivity index is 2.29. The van der Waals surface area contributed by atoms with E-state index in [1.54, 1.807) is 0 Å². The second kappa shape index (κ2) is 5.32. The van der Waals surface area contributed by atoms with Gasteiger partial charge in [-0.25, -0.2) is 0 Å². The number of hydrogen-bond donors (Lipinski definition) is 0. The van der Waals surface area contributed by atoms with Gasteiger partial charge in [0.2, 0.25) is 0 Å². The monoisotopic (exact) mass is 199 g/mol. The molecule has 0 bridgehead atoms. The minimum Gasteiger partial charge on any atom is -0.361 e. The molecule has 0 aliphatic heterocycles. The van der Waals surface area contributed by atoms with Gasteiger partial charge >= 0.3 is 0 Å². The molecular weight excluding hydrogens is 178 g/mol. The molecule has 3 nitrogen and oxygen atoms in total. The van der Waals surface area contributed by atoms with Crippen molar-refractivity contribution in [3.05, 3.63) is 4.91 Å². The zero-order valence-electron chi connectivity index (χ0n) is 9.40. The summed E-state index contributed by atoms with van der Waals surface area (Å²) in [6, 6.07) is 0. The van der Waals surface area contributed by atoms with Gasteiger partial charge in [-0.1, -0.05) is 20.3 Å². The van der Waals surface area contributed by atoms with Crippen LogP contribution in [0.15, 0.2) is 5.34 Å². The van der Waals surface area contributed by atoms with Crippen molar-refractivity contribution in [1.29, 1.82) is 0 Å². The molecule has 0 aromatic carbocycles. The maximum Gasteiger partial charge on any atom is 0.155 e. The summed E-state index contributed by atoms with van der Waals surface area (Å²) in [6.45, 7) is 6.48. The number of rotatable bonds is 5. The molecule has 82 valence electrons. The maximum absolute atomic E-state index is 9.96. The first-order valence-corrected chi connectivity index (χ1v) is 5.62. The van der Waals surface area contributed by atoms with E-state index in [2.05, 4.69) is 19.2 Å². The van der Waals surface area contributed by atoms with Crippen LogP contribution in [0.4, 0.5) is 0 Å². The summed E-state index contributed by atoms with van der Waals surface area (Å²) in [7, 11) is 0. The Morgan fingerprint density at radius 3 is 2.64 bits per heavy atom. The van der Waals surface area contributed by atoms with Gasteiger partial charge in [-0.3, -0.25) is 0 Å². The zero-order chi connectivity index (χ0) is 10.6. The highest BCUT2D eigenvalue weighted by molar-refractivity contribution is 4.79. The third kappa shape index (κ3) is 3.28. The third-order valence-corrected chi connectivity index (χ3v) is 3.26. The van der Waals surface area contributed by atoms with E-state index in [1.807, 2.05) is 6.92 Å². The molecule has 0 aromatic heterocycles. The molecule has 1 saturated carbocycles. The Kier molecular flexibility index (Phi) is 4.36. The summed E-state index contributed by atoms with van der Waals surface area (Å²) in [5.74, 6) is 2.15. The van der Waals surface area contributed by atoms with Crippen molar-refractivity contribution in [3.63, 3.8) is 0 Å². The predicted octanol–water partition coefficient (Wildman–Crippen LogP) is 3.54. The van der Waals surface area contributed by atoms with E-state index in [4.69, 9.17) is 4.84 Å². The quantitative estimate of drug-likeness (QED) is 0.502. The van der Waals surface area contributed by atoms with Crippen LogP contribution in [0, 0.1) is 22.7 Å². The lowest BCUT2D eigenvalue weighted by atomic mass is 9.94. The predicted molar refractivity (Wildman–Crippen MR) is 56.6 cm³/mol. The molecule has 1 fully saturated rings. The van der Waals surface area contributed by atoms with Gasteiger partial charge in [0, 0.05) is 0 Å². The summed E-state index contributed by atoms with van der Waals surface area (Å²) in [5, 5.41) is 2.52. The fourth-order valence-corrected chi connectivity index (χ4v) is 2.57. The summed E-state index contributed by atoms with van der Waals surface area (Å²) in [5.41, 5.74) is 0. The third-order valence-electron chi connectivity index (χ3n) is 3.26. The second-order valence-electron chi connectivity index (χ2n) is 4.95. The summed E-state index contributed by atoms with van der Waals surface area (Å²) < 4.78 is 0. The van der Waals surface area contributed by atoms with Gasteiger partial charge in [0.05, 0.1) is 0 Å². The number of hydrogen-bond acceptors (Lipinski definition) is 3. The van der Waals surface area contributed by atoms with E-state index in [-0.39, 0.29) is 6.10 Å². The van der Waals surface area contributed by atoms with E-state index in [0.29, 0.717) is 5.92 Å². The Morgan fingerprint density at radius 1 is 1.36 bits per heavy atom. The molecule has 1 aliphatic carbocycles. The van der Waals surface area contributed by atoms with E-state index in [9.17, 15) is 4.91 Å². The van der Waals surface area contributed by atoms with Crippen LogP contribution >= 0.6 is 0 Å². The maximum atomic E-state index is 9.96. The van der Waals surface area contributed by atoms with Crippen molar-refractivity contribution in [3.8, 4) is 0 Å². The molecule has 14 heavy (non-hydrogen) atoms. The molecule has 3 atom stereocenters. The van der Waals surface area contributed by atoms with Crippen molar-refractivity contribution < 1.29 is 4.84 Å². The SMILES string of the molecule is CC(C)CC1CCC(C(C)ON=O)C1. The molecule has 0 N–H and O–H groups in total. The van der Waals surface area contributed by atoms with Crippen LogP contribution in [0.5, 0.6) is 0 Å². The lowest BCUT2D eigenvalue weighted by Crippen LogP contribution is -2.16. The van der Waals surface area contributed by atoms with Gasteiger partial charge in [0.25, 0.3) is 0 Å². The molecule has 0 aromatic rings. The normalized spacial score (nSPS) is 29.1. The Morgan fingerprint density at radius 2 is 2.07 bits per heavy atom. The molecule has 3 unspecified atom stereocenters. The fraction of sp³-hybridized carbons (Fsp3) is 1.00. The largest absolute Gasteiger partial charge is 0.361 e. The standard InChI is InChI=1S/C11H21NO2/c1-8(2)6-10-4-5-11(7-10)9(3)14-12-13/h8-11H,4-7H2,1-3H3. The van der Waals surface area contributed by atoms with Crippen molar-refractivity contribution >= 4 is 0 Å². The molecule has 0 heterocycles. The second-order valence-corrected chi connectivity index (χ2v) is 4.95. The van der Waals surface area contributed by atoms with E-state index in [0.717, 1.165) is 11.8 Å². The van der Waals surface area contributed by atoms with E-state index >= 15 is 0 Å². The van der Waals surface area contributed by atoms with E-state index in [1.165, 1.54) is 25.7 Å². The van der Waals surface area contributed by atoms with Crippen LogP contribution in [0.3, 0.4) is 0 Å². The Hall–Kier alpha value is -0.600. The highest BCUT2D eigenvalue weighted by Crippen LogP contribution is 2.37.